The fourth-order valence-electron chi connectivity index (χ4n) is 0.907. The molecule has 0 heterocycles. The summed E-state index contributed by atoms with van der Waals surface area (Å²) in [6.45, 7) is 3.24. The smallest absolute Gasteiger partial charge is 0.124 e. The van der Waals surface area contributed by atoms with E-state index in [9.17, 15) is 9.50 Å². The maximum absolute atomic E-state index is 12.8. The van der Waals surface area contributed by atoms with Crippen LogP contribution in [0, 0.1) is 5.82 Å². The molecule has 0 aliphatic heterocycles. The monoisotopic (exact) mass is 232 g/mol. The van der Waals surface area contributed by atoms with E-state index in [1.807, 2.05) is 0 Å². The highest BCUT2D eigenvalue weighted by Crippen LogP contribution is 2.24. The van der Waals surface area contributed by atoms with Gasteiger partial charge in [-0.2, -0.15) is 0 Å². The zero-order valence-electron chi connectivity index (χ0n) is 6.94. The second kappa shape index (κ2) is 3.15. The van der Waals surface area contributed by atoms with Crippen molar-refractivity contribution in [3.63, 3.8) is 0 Å². The lowest BCUT2D eigenvalue weighted by Crippen LogP contribution is -2.15. The zero-order chi connectivity index (χ0) is 9.35. The molecule has 66 valence electrons. The van der Waals surface area contributed by atoms with Gasteiger partial charge in [0.05, 0.1) is 5.60 Å². The van der Waals surface area contributed by atoms with Gasteiger partial charge < -0.3 is 5.11 Å². The Labute approximate surface area is 79.4 Å². The predicted molar refractivity (Wildman–Crippen MR) is 49.3 cm³/mol. The van der Waals surface area contributed by atoms with E-state index in [1.54, 1.807) is 19.9 Å². The van der Waals surface area contributed by atoms with Gasteiger partial charge in [-0.15, -0.1) is 0 Å². The van der Waals surface area contributed by atoms with Crippen LogP contribution in [-0.2, 0) is 5.60 Å². The first-order valence-corrected chi connectivity index (χ1v) is 4.38. The van der Waals surface area contributed by atoms with Gasteiger partial charge in [-0.05, 0) is 37.6 Å². The van der Waals surface area contributed by atoms with Gasteiger partial charge in [-0.3, -0.25) is 0 Å². The summed E-state index contributed by atoms with van der Waals surface area (Å²) >= 11 is 3.15. The minimum Gasteiger partial charge on any atom is -0.386 e. The summed E-state index contributed by atoms with van der Waals surface area (Å²) in [5.41, 5.74) is -0.431. The quantitative estimate of drug-likeness (QED) is 0.790. The topological polar surface area (TPSA) is 20.2 Å². The standard InChI is InChI=1S/C9H10BrFO/c1-9(2,12)6-3-7(10)5-8(11)4-6/h3-5,12H,1-2H3. The molecule has 12 heavy (non-hydrogen) atoms. The van der Waals surface area contributed by atoms with Crippen LogP contribution in [0.15, 0.2) is 22.7 Å². The highest BCUT2D eigenvalue weighted by atomic mass is 79.9. The van der Waals surface area contributed by atoms with Gasteiger partial charge in [0.1, 0.15) is 5.82 Å². The van der Waals surface area contributed by atoms with E-state index in [2.05, 4.69) is 15.9 Å². The van der Waals surface area contributed by atoms with E-state index < -0.39 is 5.60 Å². The number of aliphatic hydroxyl groups is 1. The first-order chi connectivity index (χ1) is 5.39. The van der Waals surface area contributed by atoms with Crippen LogP contribution in [0.1, 0.15) is 19.4 Å². The Hall–Kier alpha value is -0.410. The molecule has 0 saturated carbocycles. The molecule has 0 radical (unpaired) electrons. The van der Waals surface area contributed by atoms with Crippen molar-refractivity contribution in [2.45, 2.75) is 19.4 Å². The van der Waals surface area contributed by atoms with E-state index in [0.29, 0.717) is 10.0 Å². The maximum atomic E-state index is 12.8. The molecule has 0 amide bonds. The van der Waals surface area contributed by atoms with Gasteiger partial charge in [-0.25, -0.2) is 4.39 Å². The third kappa shape index (κ3) is 2.29. The summed E-state index contributed by atoms with van der Waals surface area (Å²) in [5.74, 6) is -0.346. The Morgan fingerprint density at radius 1 is 1.33 bits per heavy atom. The highest BCUT2D eigenvalue weighted by molar-refractivity contribution is 9.10. The lowest BCUT2D eigenvalue weighted by molar-refractivity contribution is 0.0782. The minimum absolute atomic E-state index is 0.346. The summed E-state index contributed by atoms with van der Waals surface area (Å²) in [5, 5.41) is 9.55. The number of rotatable bonds is 1. The first kappa shape index (κ1) is 9.68. The van der Waals surface area contributed by atoms with Crippen LogP contribution < -0.4 is 0 Å². The fraction of sp³-hybridized carbons (Fsp3) is 0.333. The van der Waals surface area contributed by atoms with E-state index in [-0.39, 0.29) is 5.82 Å². The average molecular weight is 233 g/mol. The number of hydrogen-bond acceptors (Lipinski definition) is 1. The molecule has 0 spiro atoms. The van der Waals surface area contributed by atoms with Crippen molar-refractivity contribution in [1.29, 1.82) is 0 Å². The first-order valence-electron chi connectivity index (χ1n) is 3.58. The normalized spacial score (nSPS) is 11.8. The second-order valence-corrected chi connectivity index (χ2v) is 4.13. The molecule has 0 fully saturated rings. The van der Waals surface area contributed by atoms with Crippen molar-refractivity contribution in [3.05, 3.63) is 34.1 Å². The van der Waals surface area contributed by atoms with Crippen molar-refractivity contribution < 1.29 is 9.50 Å². The summed E-state index contributed by atoms with van der Waals surface area (Å²) in [6, 6.07) is 4.38. The molecule has 3 heteroatoms. The molecule has 0 saturated heterocycles. The van der Waals surface area contributed by atoms with Gasteiger partial charge in [0.25, 0.3) is 0 Å². The Morgan fingerprint density at radius 2 is 1.92 bits per heavy atom. The van der Waals surface area contributed by atoms with Crippen molar-refractivity contribution >= 4 is 15.9 Å². The largest absolute Gasteiger partial charge is 0.386 e. The van der Waals surface area contributed by atoms with E-state index in [0.717, 1.165) is 0 Å². The molecule has 1 rings (SSSR count). The lowest BCUT2D eigenvalue weighted by Gasteiger charge is -2.17. The van der Waals surface area contributed by atoms with E-state index in [4.69, 9.17) is 0 Å². The zero-order valence-corrected chi connectivity index (χ0v) is 8.52. The van der Waals surface area contributed by atoms with Crippen LogP contribution in [0.3, 0.4) is 0 Å². The molecule has 0 aliphatic carbocycles. The van der Waals surface area contributed by atoms with Crippen LogP contribution >= 0.6 is 15.9 Å². The summed E-state index contributed by atoms with van der Waals surface area (Å²) in [7, 11) is 0. The molecule has 0 unspecified atom stereocenters. The lowest BCUT2D eigenvalue weighted by atomic mass is 9.99. The Bertz CT molecular complexity index is 271. The molecule has 0 atom stereocenters. The predicted octanol–water partition coefficient (Wildman–Crippen LogP) is 2.82. The van der Waals surface area contributed by atoms with Crippen molar-refractivity contribution in [3.8, 4) is 0 Å². The summed E-state index contributed by atoms with van der Waals surface area (Å²) in [4.78, 5) is 0. The minimum atomic E-state index is -0.995. The molecule has 1 nitrogen and oxygen atoms in total. The van der Waals surface area contributed by atoms with Gasteiger partial charge in [-0.1, -0.05) is 15.9 Å². The van der Waals surface area contributed by atoms with Gasteiger partial charge in [0.2, 0.25) is 0 Å². The van der Waals surface area contributed by atoms with Crippen LogP contribution in [0.25, 0.3) is 0 Å². The van der Waals surface area contributed by atoms with E-state index in [1.165, 1.54) is 12.1 Å². The molecular weight excluding hydrogens is 223 g/mol. The highest BCUT2D eigenvalue weighted by Gasteiger charge is 2.16. The average Bonchev–Trinajstić information content (AvgIpc) is 1.82. The molecule has 0 aliphatic rings. The van der Waals surface area contributed by atoms with Crippen molar-refractivity contribution in [2.75, 3.05) is 0 Å². The van der Waals surface area contributed by atoms with E-state index >= 15 is 0 Å². The molecule has 0 bridgehead atoms. The molecule has 1 aromatic carbocycles. The molecular formula is C9H10BrFO. The number of halogens is 2. The second-order valence-electron chi connectivity index (χ2n) is 3.22. The van der Waals surface area contributed by atoms with Crippen LogP contribution in [-0.4, -0.2) is 5.11 Å². The SMILES string of the molecule is CC(C)(O)c1cc(F)cc(Br)c1. The molecule has 0 aromatic heterocycles. The van der Waals surface area contributed by atoms with Crippen molar-refractivity contribution in [2.24, 2.45) is 0 Å². The Kier molecular flexibility index (Phi) is 2.54. The van der Waals surface area contributed by atoms with Crippen LogP contribution in [0.5, 0.6) is 0 Å². The summed E-state index contributed by atoms with van der Waals surface area (Å²) < 4.78 is 13.5. The van der Waals surface area contributed by atoms with Crippen LogP contribution in [0.2, 0.25) is 0 Å². The van der Waals surface area contributed by atoms with Crippen molar-refractivity contribution in [1.82, 2.24) is 0 Å². The number of benzene rings is 1. The number of hydrogen-bond donors (Lipinski definition) is 1. The third-order valence-corrected chi connectivity index (χ3v) is 2.03. The van der Waals surface area contributed by atoms with Gasteiger partial charge in [0.15, 0.2) is 0 Å². The molecule has 1 aromatic rings. The van der Waals surface area contributed by atoms with Gasteiger partial charge in [0, 0.05) is 4.47 Å². The molecule has 1 N–H and O–H groups in total. The fourth-order valence-corrected chi connectivity index (χ4v) is 1.37. The third-order valence-electron chi connectivity index (χ3n) is 1.57. The summed E-state index contributed by atoms with van der Waals surface area (Å²) in [6.07, 6.45) is 0. The Morgan fingerprint density at radius 3 is 2.33 bits per heavy atom. The Balaban J connectivity index is 3.18. The maximum Gasteiger partial charge on any atom is 0.124 e. The van der Waals surface area contributed by atoms with Crippen LogP contribution in [0.4, 0.5) is 4.39 Å². The van der Waals surface area contributed by atoms with Gasteiger partial charge >= 0.3 is 0 Å².